The van der Waals surface area contributed by atoms with E-state index in [2.05, 4.69) is 10.6 Å². The van der Waals surface area contributed by atoms with Gasteiger partial charge in [0.1, 0.15) is 5.82 Å². The molecule has 0 aliphatic carbocycles. The summed E-state index contributed by atoms with van der Waals surface area (Å²) in [5.41, 5.74) is 0.631. The number of benzene rings is 1. The van der Waals surface area contributed by atoms with Gasteiger partial charge in [-0.1, -0.05) is 25.1 Å². The lowest BCUT2D eigenvalue weighted by Gasteiger charge is -2.06. The average molecular weight is 224 g/mol. The molecule has 1 amide bonds. The molecule has 1 aromatic rings. The number of hydrogen-bond acceptors (Lipinski definition) is 2. The molecule has 0 fully saturated rings. The Labute approximate surface area is 95.0 Å². The molecule has 0 bridgehead atoms. The Bertz CT molecular complexity index is 342. The zero-order valence-corrected chi connectivity index (χ0v) is 9.42. The fourth-order valence-electron chi connectivity index (χ4n) is 1.34. The monoisotopic (exact) mass is 224 g/mol. The summed E-state index contributed by atoms with van der Waals surface area (Å²) in [6.45, 7) is 3.48. The minimum Gasteiger partial charge on any atom is -0.355 e. The van der Waals surface area contributed by atoms with Crippen LogP contribution in [-0.2, 0) is 11.2 Å². The lowest BCUT2D eigenvalue weighted by molar-refractivity contribution is -0.120. The first-order valence-electron chi connectivity index (χ1n) is 5.45. The van der Waals surface area contributed by atoms with E-state index in [1.165, 1.54) is 6.07 Å². The van der Waals surface area contributed by atoms with Gasteiger partial charge in [0, 0.05) is 6.54 Å². The summed E-state index contributed by atoms with van der Waals surface area (Å²) in [5, 5.41) is 5.65. The first kappa shape index (κ1) is 12.6. The number of carbonyl (C=O) groups is 1. The van der Waals surface area contributed by atoms with Crippen LogP contribution in [0.25, 0.3) is 0 Å². The molecule has 1 rings (SSSR count). The maximum absolute atomic E-state index is 13.2. The van der Waals surface area contributed by atoms with Crippen molar-refractivity contribution in [1.29, 1.82) is 0 Å². The van der Waals surface area contributed by atoms with Crippen LogP contribution in [-0.4, -0.2) is 25.5 Å². The van der Waals surface area contributed by atoms with Gasteiger partial charge in [0.2, 0.25) is 5.91 Å². The molecule has 0 saturated heterocycles. The molecule has 0 spiro atoms. The zero-order valence-electron chi connectivity index (χ0n) is 9.42. The van der Waals surface area contributed by atoms with Gasteiger partial charge in [-0.15, -0.1) is 0 Å². The third kappa shape index (κ3) is 4.40. The number of likely N-dealkylation sites (N-methyl/N-ethyl adjacent to an activating group) is 1. The Morgan fingerprint density at radius 2 is 2.12 bits per heavy atom. The fourth-order valence-corrected chi connectivity index (χ4v) is 1.34. The Morgan fingerprint density at radius 3 is 2.81 bits per heavy atom. The van der Waals surface area contributed by atoms with Crippen molar-refractivity contribution in [2.75, 3.05) is 19.6 Å². The Morgan fingerprint density at radius 1 is 1.38 bits per heavy atom. The third-order valence-corrected chi connectivity index (χ3v) is 2.21. The van der Waals surface area contributed by atoms with Crippen molar-refractivity contribution in [2.24, 2.45) is 0 Å². The number of hydrogen-bond donors (Lipinski definition) is 2. The standard InChI is InChI=1S/C12H17FN2O/c1-2-14-9-12(16)15-8-7-10-5-3-4-6-11(10)13/h3-6,14H,2,7-9H2,1H3,(H,15,16). The lowest BCUT2D eigenvalue weighted by Crippen LogP contribution is -2.34. The highest BCUT2D eigenvalue weighted by atomic mass is 19.1. The highest BCUT2D eigenvalue weighted by Crippen LogP contribution is 2.05. The van der Waals surface area contributed by atoms with Crippen molar-refractivity contribution in [3.8, 4) is 0 Å². The van der Waals surface area contributed by atoms with E-state index in [0.717, 1.165) is 6.54 Å². The summed E-state index contributed by atoms with van der Waals surface area (Å²) < 4.78 is 13.2. The molecule has 16 heavy (non-hydrogen) atoms. The van der Waals surface area contributed by atoms with Crippen molar-refractivity contribution in [3.63, 3.8) is 0 Å². The van der Waals surface area contributed by atoms with Gasteiger partial charge in [-0.25, -0.2) is 4.39 Å². The van der Waals surface area contributed by atoms with Crippen LogP contribution in [0.2, 0.25) is 0 Å². The second-order valence-corrected chi connectivity index (χ2v) is 3.47. The number of nitrogens with one attached hydrogen (secondary N) is 2. The molecule has 0 unspecified atom stereocenters. The first-order valence-corrected chi connectivity index (χ1v) is 5.45. The molecule has 0 aliphatic rings. The van der Waals surface area contributed by atoms with E-state index < -0.39 is 0 Å². The molecule has 0 atom stereocenters. The van der Waals surface area contributed by atoms with Crippen LogP contribution >= 0.6 is 0 Å². The minimum atomic E-state index is -0.219. The molecule has 0 aliphatic heterocycles. The molecule has 3 nitrogen and oxygen atoms in total. The predicted molar refractivity (Wildman–Crippen MR) is 61.7 cm³/mol. The highest BCUT2D eigenvalue weighted by molar-refractivity contribution is 5.77. The summed E-state index contributed by atoms with van der Waals surface area (Å²) in [6, 6.07) is 6.60. The van der Waals surface area contributed by atoms with Crippen molar-refractivity contribution in [2.45, 2.75) is 13.3 Å². The largest absolute Gasteiger partial charge is 0.355 e. The fraction of sp³-hybridized carbons (Fsp3) is 0.417. The summed E-state index contributed by atoms with van der Waals surface area (Å²) in [5.74, 6) is -0.276. The lowest BCUT2D eigenvalue weighted by atomic mass is 10.1. The van der Waals surface area contributed by atoms with Gasteiger partial charge in [-0.3, -0.25) is 4.79 Å². The van der Waals surface area contributed by atoms with Crippen LogP contribution in [0.3, 0.4) is 0 Å². The average Bonchev–Trinajstić information content (AvgIpc) is 2.29. The molecule has 88 valence electrons. The number of halogens is 1. The molecule has 0 aromatic heterocycles. The van der Waals surface area contributed by atoms with Gasteiger partial charge in [-0.05, 0) is 24.6 Å². The van der Waals surface area contributed by atoms with Crippen LogP contribution in [0.4, 0.5) is 4.39 Å². The highest BCUT2D eigenvalue weighted by Gasteiger charge is 2.02. The summed E-state index contributed by atoms with van der Waals surface area (Å²) in [6.07, 6.45) is 0.518. The smallest absolute Gasteiger partial charge is 0.233 e. The number of carbonyl (C=O) groups excluding carboxylic acids is 1. The van der Waals surface area contributed by atoms with Crippen molar-refractivity contribution < 1.29 is 9.18 Å². The molecule has 1 aromatic carbocycles. The first-order chi connectivity index (χ1) is 7.74. The van der Waals surface area contributed by atoms with Crippen LogP contribution in [0.5, 0.6) is 0 Å². The van der Waals surface area contributed by atoms with E-state index in [1.807, 2.05) is 6.92 Å². The third-order valence-electron chi connectivity index (χ3n) is 2.21. The van der Waals surface area contributed by atoms with Gasteiger partial charge in [0.05, 0.1) is 6.54 Å². The molecule has 0 heterocycles. The van der Waals surface area contributed by atoms with Crippen LogP contribution in [0, 0.1) is 5.82 Å². The maximum Gasteiger partial charge on any atom is 0.233 e. The van der Waals surface area contributed by atoms with Gasteiger partial charge in [0.25, 0.3) is 0 Å². The van der Waals surface area contributed by atoms with Crippen LogP contribution in [0.15, 0.2) is 24.3 Å². The van der Waals surface area contributed by atoms with E-state index in [9.17, 15) is 9.18 Å². The molecule has 4 heteroatoms. The number of amides is 1. The number of rotatable bonds is 6. The summed E-state index contributed by atoms with van der Waals surface area (Å²) in [4.78, 5) is 11.2. The van der Waals surface area contributed by atoms with Crippen molar-refractivity contribution >= 4 is 5.91 Å². The molecule has 2 N–H and O–H groups in total. The second-order valence-electron chi connectivity index (χ2n) is 3.47. The van der Waals surface area contributed by atoms with E-state index >= 15 is 0 Å². The van der Waals surface area contributed by atoms with Gasteiger partial charge >= 0.3 is 0 Å². The van der Waals surface area contributed by atoms with Crippen LogP contribution < -0.4 is 10.6 Å². The molecular weight excluding hydrogens is 207 g/mol. The second kappa shape index (κ2) is 6.95. The van der Waals surface area contributed by atoms with E-state index in [4.69, 9.17) is 0 Å². The predicted octanol–water partition coefficient (Wildman–Crippen LogP) is 1.09. The summed E-state index contributed by atoms with van der Waals surface area (Å²) in [7, 11) is 0. The topological polar surface area (TPSA) is 41.1 Å². The zero-order chi connectivity index (χ0) is 11.8. The SMILES string of the molecule is CCNCC(=O)NCCc1ccccc1F. The molecule has 0 saturated carbocycles. The quantitative estimate of drug-likeness (QED) is 0.759. The minimum absolute atomic E-state index is 0.0572. The maximum atomic E-state index is 13.2. The van der Waals surface area contributed by atoms with Crippen molar-refractivity contribution in [1.82, 2.24) is 10.6 Å². The van der Waals surface area contributed by atoms with E-state index in [1.54, 1.807) is 18.2 Å². The Kier molecular flexibility index (Phi) is 5.50. The summed E-state index contributed by atoms with van der Waals surface area (Å²) >= 11 is 0. The Hall–Kier alpha value is -1.42. The van der Waals surface area contributed by atoms with E-state index in [0.29, 0.717) is 25.1 Å². The molecular formula is C12H17FN2O. The normalized spacial score (nSPS) is 10.1. The van der Waals surface area contributed by atoms with Crippen LogP contribution in [0.1, 0.15) is 12.5 Å². The van der Waals surface area contributed by atoms with E-state index in [-0.39, 0.29) is 11.7 Å². The van der Waals surface area contributed by atoms with Gasteiger partial charge in [-0.2, -0.15) is 0 Å². The van der Waals surface area contributed by atoms with Gasteiger partial charge in [0.15, 0.2) is 0 Å². The Balaban J connectivity index is 2.25. The van der Waals surface area contributed by atoms with Gasteiger partial charge < -0.3 is 10.6 Å². The van der Waals surface area contributed by atoms with Crippen molar-refractivity contribution in [3.05, 3.63) is 35.6 Å². The molecule has 0 radical (unpaired) electrons.